The standard InChI is InChI=1S/C11H15NO4S/c1-6(2)5-16-11(15)12-8-4-7(3)9(17-8)10(13)14/h4,6H,5H2,1-3H3,(H,12,15)(H,13,14). The van der Waals surface area contributed by atoms with Crippen molar-refractivity contribution < 1.29 is 19.4 Å². The second kappa shape index (κ2) is 5.67. The molecule has 0 saturated heterocycles. The van der Waals surface area contributed by atoms with Crippen LogP contribution in [0.25, 0.3) is 0 Å². The van der Waals surface area contributed by atoms with Gasteiger partial charge in [0.2, 0.25) is 0 Å². The molecule has 0 atom stereocenters. The Morgan fingerprint density at radius 1 is 1.53 bits per heavy atom. The van der Waals surface area contributed by atoms with Crippen molar-refractivity contribution in [3.8, 4) is 0 Å². The van der Waals surface area contributed by atoms with E-state index >= 15 is 0 Å². The lowest BCUT2D eigenvalue weighted by molar-refractivity contribution is 0.0701. The summed E-state index contributed by atoms with van der Waals surface area (Å²) in [5, 5.41) is 11.8. The summed E-state index contributed by atoms with van der Waals surface area (Å²) in [7, 11) is 0. The Hall–Kier alpha value is -1.56. The zero-order valence-corrected chi connectivity index (χ0v) is 10.8. The molecule has 1 rings (SSSR count). The highest BCUT2D eigenvalue weighted by atomic mass is 32.1. The molecule has 0 spiro atoms. The average molecular weight is 257 g/mol. The van der Waals surface area contributed by atoms with Crippen LogP contribution in [0.2, 0.25) is 0 Å². The van der Waals surface area contributed by atoms with Crippen molar-refractivity contribution in [1.82, 2.24) is 0 Å². The minimum Gasteiger partial charge on any atom is -0.477 e. The van der Waals surface area contributed by atoms with Gasteiger partial charge in [-0.3, -0.25) is 5.32 Å². The second-order valence-electron chi connectivity index (χ2n) is 4.05. The molecule has 0 aliphatic rings. The van der Waals surface area contributed by atoms with Crippen LogP contribution < -0.4 is 5.32 Å². The summed E-state index contributed by atoms with van der Waals surface area (Å²) in [6.07, 6.45) is -0.558. The Kier molecular flexibility index (Phi) is 4.51. The smallest absolute Gasteiger partial charge is 0.412 e. The van der Waals surface area contributed by atoms with Crippen molar-refractivity contribution in [3.63, 3.8) is 0 Å². The summed E-state index contributed by atoms with van der Waals surface area (Å²) in [4.78, 5) is 22.4. The number of hydrogen-bond acceptors (Lipinski definition) is 4. The number of aromatic carboxylic acids is 1. The summed E-state index contributed by atoms with van der Waals surface area (Å²) >= 11 is 1.02. The van der Waals surface area contributed by atoms with Crippen molar-refractivity contribution in [2.45, 2.75) is 20.8 Å². The molecule has 2 N–H and O–H groups in total. The van der Waals surface area contributed by atoms with E-state index in [0.29, 0.717) is 17.2 Å². The minimum absolute atomic E-state index is 0.226. The largest absolute Gasteiger partial charge is 0.477 e. The SMILES string of the molecule is Cc1cc(NC(=O)OCC(C)C)sc1C(=O)O. The second-order valence-corrected chi connectivity index (χ2v) is 5.10. The number of hydrogen-bond donors (Lipinski definition) is 2. The Labute approximate surface area is 103 Å². The molecule has 1 amide bonds. The summed E-state index contributed by atoms with van der Waals surface area (Å²) in [6, 6.07) is 1.62. The maximum Gasteiger partial charge on any atom is 0.412 e. The molecule has 1 aromatic heterocycles. The maximum atomic E-state index is 11.3. The minimum atomic E-state index is -0.990. The highest BCUT2D eigenvalue weighted by Gasteiger charge is 2.14. The van der Waals surface area contributed by atoms with Crippen LogP contribution in [-0.4, -0.2) is 23.8 Å². The van der Waals surface area contributed by atoms with Gasteiger partial charge in [0.1, 0.15) is 4.88 Å². The monoisotopic (exact) mass is 257 g/mol. The van der Waals surface area contributed by atoms with Crippen molar-refractivity contribution in [2.24, 2.45) is 5.92 Å². The van der Waals surface area contributed by atoms with Gasteiger partial charge in [0.15, 0.2) is 0 Å². The van der Waals surface area contributed by atoms with Gasteiger partial charge < -0.3 is 9.84 Å². The van der Waals surface area contributed by atoms with E-state index in [4.69, 9.17) is 9.84 Å². The number of carbonyl (C=O) groups is 2. The fraction of sp³-hybridized carbons (Fsp3) is 0.455. The molecule has 0 radical (unpaired) electrons. The third-order valence-electron chi connectivity index (χ3n) is 1.89. The molecule has 0 bridgehead atoms. The molecule has 5 nitrogen and oxygen atoms in total. The quantitative estimate of drug-likeness (QED) is 0.869. The molecule has 0 unspecified atom stereocenters. The number of ether oxygens (including phenoxy) is 1. The topological polar surface area (TPSA) is 75.6 Å². The maximum absolute atomic E-state index is 11.3. The zero-order chi connectivity index (χ0) is 13.0. The number of carboxylic acids is 1. The molecule has 94 valence electrons. The van der Waals surface area contributed by atoms with Gasteiger partial charge in [-0.05, 0) is 24.5 Å². The number of amides is 1. The van der Waals surface area contributed by atoms with Crippen LogP contribution in [0.3, 0.4) is 0 Å². The van der Waals surface area contributed by atoms with Gasteiger partial charge in [0, 0.05) is 0 Å². The first-order chi connectivity index (χ1) is 7.90. The number of carboxylic acid groups (broad SMARTS) is 1. The predicted octanol–water partition coefficient (Wildman–Crippen LogP) is 2.96. The van der Waals surface area contributed by atoms with Crippen LogP contribution in [0.1, 0.15) is 29.1 Å². The first-order valence-corrected chi connectivity index (χ1v) is 5.99. The molecule has 6 heteroatoms. The number of thiophene rings is 1. The molecule has 1 heterocycles. The number of carbonyl (C=O) groups excluding carboxylic acids is 1. The highest BCUT2D eigenvalue weighted by Crippen LogP contribution is 2.26. The summed E-state index contributed by atoms with van der Waals surface area (Å²) in [6.45, 7) is 5.89. The number of anilines is 1. The summed E-state index contributed by atoms with van der Waals surface area (Å²) < 4.78 is 4.93. The Balaban J connectivity index is 2.60. The highest BCUT2D eigenvalue weighted by molar-refractivity contribution is 7.18. The molecular weight excluding hydrogens is 242 g/mol. The predicted molar refractivity (Wildman–Crippen MR) is 65.8 cm³/mol. The third-order valence-corrected chi connectivity index (χ3v) is 3.03. The molecular formula is C11H15NO4S. The Morgan fingerprint density at radius 2 is 2.18 bits per heavy atom. The lowest BCUT2D eigenvalue weighted by Gasteiger charge is -2.06. The van der Waals surface area contributed by atoms with E-state index in [1.807, 2.05) is 13.8 Å². The fourth-order valence-corrected chi connectivity index (χ4v) is 2.03. The normalized spacial score (nSPS) is 10.4. The molecule has 0 fully saturated rings. The number of aryl methyl sites for hydroxylation is 1. The van der Waals surface area contributed by atoms with E-state index in [1.54, 1.807) is 13.0 Å². The van der Waals surface area contributed by atoms with Crippen LogP contribution in [-0.2, 0) is 4.74 Å². The van der Waals surface area contributed by atoms with Gasteiger partial charge in [-0.15, -0.1) is 11.3 Å². The zero-order valence-electron chi connectivity index (χ0n) is 9.94. The molecule has 1 aromatic rings. The van der Waals surface area contributed by atoms with E-state index in [2.05, 4.69) is 5.32 Å². The van der Waals surface area contributed by atoms with Crippen LogP contribution in [0, 0.1) is 12.8 Å². The van der Waals surface area contributed by atoms with Crippen molar-refractivity contribution in [1.29, 1.82) is 0 Å². The fourth-order valence-electron chi connectivity index (χ4n) is 1.14. The van der Waals surface area contributed by atoms with Gasteiger partial charge in [-0.2, -0.15) is 0 Å². The lowest BCUT2D eigenvalue weighted by Crippen LogP contribution is -2.15. The van der Waals surface area contributed by atoms with Gasteiger partial charge in [-0.1, -0.05) is 13.8 Å². The van der Waals surface area contributed by atoms with E-state index in [-0.39, 0.29) is 10.8 Å². The molecule has 0 saturated carbocycles. The number of rotatable bonds is 4. The van der Waals surface area contributed by atoms with Gasteiger partial charge in [0.25, 0.3) is 0 Å². The van der Waals surface area contributed by atoms with Crippen LogP contribution >= 0.6 is 11.3 Å². The summed E-state index contributed by atoms with van der Waals surface area (Å²) in [5.41, 5.74) is 0.627. The van der Waals surface area contributed by atoms with Crippen LogP contribution in [0.5, 0.6) is 0 Å². The van der Waals surface area contributed by atoms with Crippen LogP contribution in [0.15, 0.2) is 6.07 Å². The van der Waals surface area contributed by atoms with Gasteiger partial charge in [0.05, 0.1) is 11.6 Å². The number of nitrogens with one attached hydrogen (secondary N) is 1. The Morgan fingerprint density at radius 3 is 2.65 bits per heavy atom. The van der Waals surface area contributed by atoms with E-state index < -0.39 is 12.1 Å². The molecule has 17 heavy (non-hydrogen) atoms. The molecule has 0 aliphatic heterocycles. The first kappa shape index (κ1) is 13.5. The van der Waals surface area contributed by atoms with E-state index in [1.165, 1.54) is 0 Å². The summed E-state index contributed by atoms with van der Waals surface area (Å²) in [5.74, 6) is -0.725. The average Bonchev–Trinajstić information content (AvgIpc) is 2.56. The van der Waals surface area contributed by atoms with Gasteiger partial charge >= 0.3 is 12.1 Å². The Bertz CT molecular complexity index is 425. The van der Waals surface area contributed by atoms with E-state index in [9.17, 15) is 9.59 Å². The molecule has 0 aliphatic carbocycles. The van der Waals surface area contributed by atoms with E-state index in [0.717, 1.165) is 11.3 Å². The van der Waals surface area contributed by atoms with Crippen molar-refractivity contribution in [2.75, 3.05) is 11.9 Å². The lowest BCUT2D eigenvalue weighted by atomic mass is 10.2. The third kappa shape index (κ3) is 4.07. The van der Waals surface area contributed by atoms with Gasteiger partial charge in [-0.25, -0.2) is 9.59 Å². The van der Waals surface area contributed by atoms with Crippen LogP contribution in [0.4, 0.5) is 9.80 Å². The van der Waals surface area contributed by atoms with Crippen molar-refractivity contribution in [3.05, 3.63) is 16.5 Å². The molecule has 0 aromatic carbocycles. The van der Waals surface area contributed by atoms with Crippen molar-refractivity contribution >= 4 is 28.4 Å². The first-order valence-electron chi connectivity index (χ1n) is 5.17.